The molecule has 0 bridgehead atoms. The van der Waals surface area contributed by atoms with E-state index < -0.39 is 0 Å². The van der Waals surface area contributed by atoms with Gasteiger partial charge in [-0.3, -0.25) is 18.1 Å². The monoisotopic (exact) mass is 855 g/mol. The minimum Gasteiger partial charge on any atom is -0.309 e. The van der Waals surface area contributed by atoms with E-state index >= 15 is 0 Å². The van der Waals surface area contributed by atoms with Crippen LogP contribution in [-0.4, -0.2) is 32.6 Å². The molecule has 0 fully saturated rings. The molecule has 7 heteroatoms. The van der Waals surface area contributed by atoms with Crippen LogP contribution in [0.2, 0.25) is 0 Å². The van der Waals surface area contributed by atoms with Gasteiger partial charge in [-0.2, -0.15) is 0 Å². The lowest BCUT2D eigenvalue weighted by Crippen LogP contribution is -2.05. The number of rotatable bonds is 5. The van der Waals surface area contributed by atoms with Gasteiger partial charge in [0.15, 0.2) is 0 Å². The summed E-state index contributed by atoms with van der Waals surface area (Å²) in [5.74, 6) is 2.56. The van der Waals surface area contributed by atoms with Crippen molar-refractivity contribution < 1.29 is 0 Å². The van der Waals surface area contributed by atoms with Crippen LogP contribution in [0, 0.1) is 0 Å². The molecular weight excluding hydrogens is 819 g/mol. The Morgan fingerprint density at radius 2 is 0.716 bits per heavy atom. The van der Waals surface area contributed by atoms with E-state index in [1.54, 1.807) is 0 Å². The maximum Gasteiger partial charge on any atom is 0.220 e. The summed E-state index contributed by atoms with van der Waals surface area (Å²) in [6, 6.07) is 80.7. The number of hydrogen-bond acceptors (Lipinski definition) is 2. The van der Waals surface area contributed by atoms with E-state index in [2.05, 4.69) is 247 Å². The Balaban J connectivity index is 1.02. The molecule has 0 atom stereocenters. The highest BCUT2D eigenvalue weighted by Crippen LogP contribution is 2.41. The van der Waals surface area contributed by atoms with Crippen molar-refractivity contribution in [2.24, 2.45) is 0 Å². The van der Waals surface area contributed by atoms with Crippen LogP contribution in [-0.2, 0) is 0 Å². The lowest BCUT2D eigenvalue weighted by molar-refractivity contribution is 1.01. The molecule has 0 N–H and O–H groups in total. The first-order valence-electron chi connectivity index (χ1n) is 22.8. The number of fused-ring (bicyclic) bond motifs is 14. The molecule has 7 nitrogen and oxygen atoms in total. The smallest absolute Gasteiger partial charge is 0.220 e. The number of para-hydroxylation sites is 10. The Morgan fingerprint density at radius 1 is 0.284 bits per heavy atom. The van der Waals surface area contributed by atoms with Crippen molar-refractivity contribution in [2.75, 3.05) is 0 Å². The van der Waals surface area contributed by atoms with E-state index in [1.165, 1.54) is 32.6 Å². The lowest BCUT2D eigenvalue weighted by atomic mass is 10.0. The third kappa shape index (κ3) is 5.05. The summed E-state index contributed by atoms with van der Waals surface area (Å²) in [6.07, 6.45) is 0. The van der Waals surface area contributed by atoms with E-state index in [1.807, 2.05) is 0 Å². The molecule has 15 aromatic rings. The van der Waals surface area contributed by atoms with Crippen LogP contribution in [0.25, 0.3) is 127 Å². The standard InChI is InChI=1S/C60H37N7/c1-8-24-48(64-49-25-9-2-18-41(49)42-19-3-10-26-50(42)64)40(17-1)38-35-58(65-51-27-11-4-20-43(51)44-21-5-12-28-52(44)65)62-59(36-38)66-53-29-13-6-22-45(53)46-37-39(33-34-54(46)66)63-56-31-15-16-32-57(56)67-55-30-14-7-23-47(55)61-60(63)67/h1-37H. The van der Waals surface area contributed by atoms with Crippen LogP contribution in [0.1, 0.15) is 0 Å². The summed E-state index contributed by atoms with van der Waals surface area (Å²) >= 11 is 0. The summed E-state index contributed by atoms with van der Waals surface area (Å²) in [6.45, 7) is 0. The summed E-state index contributed by atoms with van der Waals surface area (Å²) in [4.78, 5) is 10.9. The van der Waals surface area contributed by atoms with Crippen LogP contribution >= 0.6 is 0 Å². The van der Waals surface area contributed by atoms with Crippen molar-refractivity contribution in [2.45, 2.75) is 0 Å². The Hall–Kier alpha value is -9.20. The molecule has 67 heavy (non-hydrogen) atoms. The van der Waals surface area contributed by atoms with Crippen molar-refractivity contribution in [3.63, 3.8) is 0 Å². The molecule has 312 valence electrons. The first kappa shape index (κ1) is 36.2. The van der Waals surface area contributed by atoms with Gasteiger partial charge in [-0.15, -0.1) is 0 Å². The largest absolute Gasteiger partial charge is 0.309 e. The third-order valence-corrected chi connectivity index (χ3v) is 13.9. The number of hydrogen-bond donors (Lipinski definition) is 0. The second kappa shape index (κ2) is 13.7. The molecule has 0 aliphatic rings. The quantitative estimate of drug-likeness (QED) is 0.173. The second-order valence-corrected chi connectivity index (χ2v) is 17.4. The molecule has 0 spiro atoms. The maximum absolute atomic E-state index is 5.72. The average molecular weight is 856 g/mol. The van der Waals surface area contributed by atoms with Crippen molar-refractivity contribution in [3.8, 4) is 34.1 Å². The van der Waals surface area contributed by atoms with Crippen molar-refractivity contribution in [1.82, 2.24) is 32.6 Å². The van der Waals surface area contributed by atoms with Gasteiger partial charge in [0.05, 0.1) is 60.9 Å². The Bertz CT molecular complexity index is 4430. The highest BCUT2D eigenvalue weighted by atomic mass is 15.2. The fourth-order valence-electron chi connectivity index (χ4n) is 11.1. The minimum atomic E-state index is 0.832. The molecule has 9 aromatic carbocycles. The highest BCUT2D eigenvalue weighted by Gasteiger charge is 2.23. The van der Waals surface area contributed by atoms with Crippen LogP contribution < -0.4 is 0 Å². The minimum absolute atomic E-state index is 0.832. The zero-order chi connectivity index (χ0) is 43.7. The molecular formula is C60H37N7. The lowest BCUT2D eigenvalue weighted by Gasteiger charge is -2.17. The number of nitrogens with zero attached hydrogens (tertiary/aromatic N) is 7. The molecule has 0 unspecified atom stereocenters. The van der Waals surface area contributed by atoms with Crippen molar-refractivity contribution in [3.05, 3.63) is 224 Å². The summed E-state index contributed by atoms with van der Waals surface area (Å²) in [7, 11) is 0. The van der Waals surface area contributed by atoms with Gasteiger partial charge in [-0.1, -0.05) is 133 Å². The Labute approximate surface area is 382 Å². The number of aromatic nitrogens is 7. The molecule has 0 amide bonds. The summed E-state index contributed by atoms with van der Waals surface area (Å²) in [5.41, 5.74) is 15.3. The SMILES string of the molecule is c1ccc(-n2c3ccccc3c3ccccc32)c(-c2cc(-n3c4ccccc4c4ccccc43)nc(-n3c4ccccc4c4cc(-n5c6ccccc6n6c7ccccc7nc56)ccc43)c2)c1. The van der Waals surface area contributed by atoms with Gasteiger partial charge < -0.3 is 4.57 Å². The fraction of sp³-hybridized carbons (Fsp3) is 0. The van der Waals surface area contributed by atoms with E-state index in [0.717, 1.165) is 94.8 Å². The Morgan fingerprint density at radius 3 is 1.30 bits per heavy atom. The molecule has 0 saturated carbocycles. The fourth-order valence-corrected chi connectivity index (χ4v) is 11.1. The predicted molar refractivity (Wildman–Crippen MR) is 276 cm³/mol. The van der Waals surface area contributed by atoms with Gasteiger partial charge in [0.1, 0.15) is 11.6 Å². The van der Waals surface area contributed by atoms with Gasteiger partial charge in [0, 0.05) is 43.6 Å². The first-order chi connectivity index (χ1) is 33.3. The average Bonchev–Trinajstić information content (AvgIpc) is 4.18. The topological polar surface area (TPSA) is 49.9 Å². The summed E-state index contributed by atoms with van der Waals surface area (Å²) in [5, 5.41) is 7.13. The molecule has 15 rings (SSSR count). The zero-order valence-corrected chi connectivity index (χ0v) is 36.0. The van der Waals surface area contributed by atoms with E-state index in [4.69, 9.17) is 9.97 Å². The van der Waals surface area contributed by atoms with Crippen LogP contribution in [0.15, 0.2) is 224 Å². The van der Waals surface area contributed by atoms with Gasteiger partial charge in [0.25, 0.3) is 0 Å². The van der Waals surface area contributed by atoms with Crippen LogP contribution in [0.5, 0.6) is 0 Å². The van der Waals surface area contributed by atoms with Crippen LogP contribution in [0.4, 0.5) is 0 Å². The third-order valence-electron chi connectivity index (χ3n) is 13.9. The highest BCUT2D eigenvalue weighted by molar-refractivity contribution is 6.12. The molecule has 0 aliphatic carbocycles. The van der Waals surface area contributed by atoms with Gasteiger partial charge in [-0.25, -0.2) is 9.97 Å². The molecule has 0 saturated heterocycles. The first-order valence-corrected chi connectivity index (χ1v) is 22.8. The number of pyridine rings is 1. The molecule has 0 radical (unpaired) electrons. The van der Waals surface area contributed by atoms with Gasteiger partial charge in [-0.05, 0) is 96.6 Å². The van der Waals surface area contributed by atoms with Gasteiger partial charge >= 0.3 is 0 Å². The Kier molecular flexibility index (Phi) is 7.37. The van der Waals surface area contributed by atoms with E-state index in [-0.39, 0.29) is 0 Å². The summed E-state index contributed by atoms with van der Waals surface area (Å²) < 4.78 is 11.7. The number of imidazole rings is 2. The van der Waals surface area contributed by atoms with Gasteiger partial charge in [0.2, 0.25) is 5.78 Å². The van der Waals surface area contributed by atoms with E-state index in [0.29, 0.717) is 0 Å². The normalized spacial score (nSPS) is 12.2. The molecule has 0 aliphatic heterocycles. The van der Waals surface area contributed by atoms with Crippen molar-refractivity contribution >= 4 is 93.3 Å². The zero-order valence-electron chi connectivity index (χ0n) is 36.0. The van der Waals surface area contributed by atoms with Crippen LogP contribution in [0.3, 0.4) is 0 Å². The predicted octanol–water partition coefficient (Wildman–Crippen LogP) is 14.8. The molecule has 6 aromatic heterocycles. The second-order valence-electron chi connectivity index (χ2n) is 17.4. The number of benzene rings is 9. The van der Waals surface area contributed by atoms with E-state index in [9.17, 15) is 0 Å². The van der Waals surface area contributed by atoms with Crippen molar-refractivity contribution in [1.29, 1.82) is 0 Å². The maximum atomic E-state index is 5.72. The molecule has 6 heterocycles.